The first-order chi connectivity index (χ1) is 8.29. The second-order valence-corrected chi connectivity index (χ2v) is 4.20. The number of rotatable bonds is 10. The second-order valence-electron chi connectivity index (χ2n) is 4.20. The summed E-state index contributed by atoms with van der Waals surface area (Å²) in [5, 5.41) is 8.57. The quantitative estimate of drug-likeness (QED) is 0.458. The zero-order valence-corrected chi connectivity index (χ0v) is 10.8. The molecule has 1 aliphatic rings. The van der Waals surface area contributed by atoms with Crippen LogP contribution in [0.3, 0.4) is 0 Å². The first kappa shape index (κ1) is 14.9. The molecule has 5 nitrogen and oxygen atoms in total. The van der Waals surface area contributed by atoms with Crippen molar-refractivity contribution in [3.8, 4) is 0 Å². The van der Waals surface area contributed by atoms with E-state index in [0.717, 1.165) is 6.42 Å². The average molecular weight is 248 g/mol. The van der Waals surface area contributed by atoms with Crippen LogP contribution >= 0.6 is 0 Å². The normalized spacial score (nSPS) is 19.9. The van der Waals surface area contributed by atoms with E-state index in [2.05, 4.69) is 6.92 Å². The van der Waals surface area contributed by atoms with Crippen molar-refractivity contribution in [1.82, 2.24) is 0 Å². The molecule has 0 amide bonds. The predicted octanol–water partition coefficient (Wildman–Crippen LogP) is 0.801. The van der Waals surface area contributed by atoms with E-state index in [1.807, 2.05) is 6.92 Å². The molecule has 0 aromatic rings. The lowest BCUT2D eigenvalue weighted by molar-refractivity contribution is -0.279. The molecule has 0 radical (unpaired) electrons. The summed E-state index contributed by atoms with van der Waals surface area (Å²) >= 11 is 0. The summed E-state index contributed by atoms with van der Waals surface area (Å²) in [4.78, 5) is 0. The fourth-order valence-corrected chi connectivity index (χ4v) is 1.80. The Morgan fingerprint density at radius 3 is 2.41 bits per heavy atom. The van der Waals surface area contributed by atoms with Gasteiger partial charge < -0.3 is 24.1 Å². The first-order valence-corrected chi connectivity index (χ1v) is 6.28. The minimum atomic E-state index is -0.219. The standard InChI is InChI=1S/C12H24O5/c1-3-12(9-15-10-12)11(16-4-2)17-8-7-14-6-5-13/h11,13H,3-10H2,1-2H3. The Kier molecular flexibility index (Phi) is 6.99. The van der Waals surface area contributed by atoms with Gasteiger partial charge in [0.1, 0.15) is 0 Å². The summed E-state index contributed by atoms with van der Waals surface area (Å²) in [6.45, 7) is 7.46. The van der Waals surface area contributed by atoms with Crippen LogP contribution in [0.2, 0.25) is 0 Å². The number of aliphatic hydroxyl groups excluding tert-OH is 1. The Balaban J connectivity index is 2.27. The van der Waals surface area contributed by atoms with Gasteiger partial charge in [-0.05, 0) is 13.3 Å². The minimum Gasteiger partial charge on any atom is -0.394 e. The van der Waals surface area contributed by atoms with E-state index in [4.69, 9.17) is 24.1 Å². The molecule has 1 saturated heterocycles. The third kappa shape index (κ3) is 4.19. The molecule has 0 saturated carbocycles. The van der Waals surface area contributed by atoms with Crippen LogP contribution < -0.4 is 0 Å². The summed E-state index contributed by atoms with van der Waals surface area (Å²) < 4.78 is 21.8. The lowest BCUT2D eigenvalue weighted by Gasteiger charge is -2.45. The predicted molar refractivity (Wildman–Crippen MR) is 62.8 cm³/mol. The third-order valence-electron chi connectivity index (χ3n) is 3.03. The van der Waals surface area contributed by atoms with Gasteiger partial charge in [-0.2, -0.15) is 0 Å². The van der Waals surface area contributed by atoms with E-state index in [-0.39, 0.29) is 18.3 Å². The van der Waals surface area contributed by atoms with Crippen LogP contribution in [-0.2, 0) is 18.9 Å². The first-order valence-electron chi connectivity index (χ1n) is 6.28. The highest BCUT2D eigenvalue weighted by atomic mass is 16.7. The summed E-state index contributed by atoms with van der Waals surface area (Å²) in [7, 11) is 0. The molecule has 0 aromatic heterocycles. The number of hydrogen-bond donors (Lipinski definition) is 1. The second kappa shape index (κ2) is 8.00. The van der Waals surface area contributed by atoms with E-state index in [9.17, 15) is 0 Å². The fourth-order valence-electron chi connectivity index (χ4n) is 1.80. The summed E-state index contributed by atoms with van der Waals surface area (Å²) in [6, 6.07) is 0. The lowest BCUT2D eigenvalue weighted by Crippen LogP contribution is -2.53. The van der Waals surface area contributed by atoms with Gasteiger partial charge in [-0.15, -0.1) is 0 Å². The van der Waals surface area contributed by atoms with Crippen molar-refractivity contribution >= 4 is 0 Å². The maximum absolute atomic E-state index is 8.57. The molecule has 1 aliphatic heterocycles. The highest BCUT2D eigenvalue weighted by Gasteiger charge is 2.45. The molecule has 0 aliphatic carbocycles. The Bertz CT molecular complexity index is 188. The van der Waals surface area contributed by atoms with E-state index < -0.39 is 0 Å². The SMILES string of the molecule is CCOC(OCCOCCO)C1(CC)COC1. The van der Waals surface area contributed by atoms with E-state index in [1.54, 1.807) is 0 Å². The maximum Gasteiger partial charge on any atom is 0.167 e. The Morgan fingerprint density at radius 2 is 1.94 bits per heavy atom. The Hall–Kier alpha value is -0.200. The Morgan fingerprint density at radius 1 is 1.18 bits per heavy atom. The number of aliphatic hydroxyl groups is 1. The minimum absolute atomic E-state index is 0.00693. The molecule has 0 bridgehead atoms. The molecule has 1 atom stereocenters. The largest absolute Gasteiger partial charge is 0.394 e. The molecule has 1 heterocycles. The smallest absolute Gasteiger partial charge is 0.167 e. The van der Waals surface area contributed by atoms with Crippen molar-refractivity contribution in [2.24, 2.45) is 5.41 Å². The zero-order valence-electron chi connectivity index (χ0n) is 10.8. The van der Waals surface area contributed by atoms with Crippen LogP contribution in [0.5, 0.6) is 0 Å². The van der Waals surface area contributed by atoms with Gasteiger partial charge in [0.15, 0.2) is 6.29 Å². The lowest BCUT2D eigenvalue weighted by atomic mass is 9.82. The number of hydrogen-bond acceptors (Lipinski definition) is 5. The molecule has 5 heteroatoms. The topological polar surface area (TPSA) is 57.2 Å². The summed E-state index contributed by atoms with van der Waals surface area (Å²) in [5.41, 5.74) is 0.00693. The fraction of sp³-hybridized carbons (Fsp3) is 1.00. The van der Waals surface area contributed by atoms with Gasteiger partial charge in [0.25, 0.3) is 0 Å². The molecule has 1 rings (SSSR count). The van der Waals surface area contributed by atoms with Gasteiger partial charge in [-0.3, -0.25) is 0 Å². The number of ether oxygens (including phenoxy) is 4. The molecular formula is C12H24O5. The highest BCUT2D eigenvalue weighted by molar-refractivity contribution is 4.87. The van der Waals surface area contributed by atoms with Gasteiger partial charge in [0.2, 0.25) is 0 Å². The maximum atomic E-state index is 8.57. The molecule has 17 heavy (non-hydrogen) atoms. The molecule has 102 valence electrons. The molecule has 1 unspecified atom stereocenters. The van der Waals surface area contributed by atoms with Crippen molar-refractivity contribution in [2.45, 2.75) is 26.6 Å². The highest BCUT2D eigenvalue weighted by Crippen LogP contribution is 2.37. The van der Waals surface area contributed by atoms with Crippen LogP contribution in [0.25, 0.3) is 0 Å². The van der Waals surface area contributed by atoms with Crippen molar-refractivity contribution in [1.29, 1.82) is 0 Å². The van der Waals surface area contributed by atoms with Crippen LogP contribution in [0, 0.1) is 5.41 Å². The Labute approximate surface area is 103 Å². The van der Waals surface area contributed by atoms with Gasteiger partial charge in [0, 0.05) is 6.61 Å². The van der Waals surface area contributed by atoms with Gasteiger partial charge >= 0.3 is 0 Å². The van der Waals surface area contributed by atoms with Gasteiger partial charge in [0.05, 0.1) is 45.1 Å². The molecular weight excluding hydrogens is 224 g/mol. The third-order valence-corrected chi connectivity index (χ3v) is 3.03. The average Bonchev–Trinajstić information content (AvgIpc) is 2.28. The van der Waals surface area contributed by atoms with E-state index in [0.29, 0.717) is 39.6 Å². The van der Waals surface area contributed by atoms with Crippen molar-refractivity contribution < 1.29 is 24.1 Å². The van der Waals surface area contributed by atoms with Crippen molar-refractivity contribution in [3.05, 3.63) is 0 Å². The molecule has 1 fully saturated rings. The van der Waals surface area contributed by atoms with Crippen LogP contribution in [0.1, 0.15) is 20.3 Å². The van der Waals surface area contributed by atoms with Crippen LogP contribution in [-0.4, -0.2) is 57.6 Å². The summed E-state index contributed by atoms with van der Waals surface area (Å²) in [5.74, 6) is 0. The molecule has 0 spiro atoms. The van der Waals surface area contributed by atoms with Crippen LogP contribution in [0.4, 0.5) is 0 Å². The van der Waals surface area contributed by atoms with Gasteiger partial charge in [-0.1, -0.05) is 6.92 Å². The summed E-state index contributed by atoms with van der Waals surface area (Å²) in [6.07, 6.45) is 0.763. The monoisotopic (exact) mass is 248 g/mol. The molecule has 1 N–H and O–H groups in total. The zero-order chi connectivity index (χ0) is 12.6. The molecule has 0 aromatic carbocycles. The van der Waals surface area contributed by atoms with Gasteiger partial charge in [-0.25, -0.2) is 0 Å². The van der Waals surface area contributed by atoms with Crippen molar-refractivity contribution in [2.75, 3.05) is 46.2 Å². The van der Waals surface area contributed by atoms with Crippen molar-refractivity contribution in [3.63, 3.8) is 0 Å². The van der Waals surface area contributed by atoms with E-state index >= 15 is 0 Å². The van der Waals surface area contributed by atoms with E-state index in [1.165, 1.54) is 0 Å². The van der Waals surface area contributed by atoms with Crippen LogP contribution in [0.15, 0.2) is 0 Å².